The standard InChI is InChI=1S/C13H14F3N3O/c14-13(15,16)10-1-2-12(9(5-10)6-17)19-7-11-8-20-4-3-18-11/h1-2,5,11,18-19H,3-4,7-8H2. The number of rotatable bonds is 3. The minimum atomic E-state index is -4.44. The van der Waals surface area contributed by atoms with Gasteiger partial charge >= 0.3 is 6.18 Å². The van der Waals surface area contributed by atoms with Crippen molar-refractivity contribution in [1.82, 2.24) is 5.32 Å². The molecule has 20 heavy (non-hydrogen) atoms. The van der Waals surface area contributed by atoms with Gasteiger partial charge in [-0.15, -0.1) is 0 Å². The molecule has 1 aromatic carbocycles. The topological polar surface area (TPSA) is 57.1 Å². The summed E-state index contributed by atoms with van der Waals surface area (Å²) in [6.07, 6.45) is -4.44. The van der Waals surface area contributed by atoms with Crippen molar-refractivity contribution >= 4 is 5.69 Å². The van der Waals surface area contributed by atoms with Crippen LogP contribution in [-0.2, 0) is 10.9 Å². The number of hydrogen-bond donors (Lipinski definition) is 2. The zero-order valence-corrected chi connectivity index (χ0v) is 10.6. The van der Waals surface area contributed by atoms with E-state index < -0.39 is 11.7 Å². The van der Waals surface area contributed by atoms with E-state index in [1.807, 2.05) is 0 Å². The molecule has 1 fully saturated rings. The maximum atomic E-state index is 12.6. The molecule has 4 nitrogen and oxygen atoms in total. The van der Waals surface area contributed by atoms with E-state index in [4.69, 9.17) is 10.00 Å². The highest BCUT2D eigenvalue weighted by molar-refractivity contribution is 5.59. The van der Waals surface area contributed by atoms with Crippen molar-refractivity contribution in [3.63, 3.8) is 0 Å². The van der Waals surface area contributed by atoms with Crippen LogP contribution in [0.25, 0.3) is 0 Å². The second kappa shape index (κ2) is 6.11. The predicted octanol–water partition coefficient (Wildman–Crippen LogP) is 1.98. The summed E-state index contributed by atoms with van der Waals surface area (Å²) in [6, 6.07) is 4.97. The molecule has 1 aliphatic heterocycles. The molecule has 1 heterocycles. The number of nitrogens with one attached hydrogen (secondary N) is 2. The number of anilines is 1. The number of morpholine rings is 1. The lowest BCUT2D eigenvalue weighted by molar-refractivity contribution is -0.137. The molecule has 0 saturated carbocycles. The average molecular weight is 285 g/mol. The van der Waals surface area contributed by atoms with E-state index in [1.165, 1.54) is 6.07 Å². The van der Waals surface area contributed by atoms with Crippen molar-refractivity contribution in [3.05, 3.63) is 29.3 Å². The van der Waals surface area contributed by atoms with Gasteiger partial charge in [-0.3, -0.25) is 0 Å². The largest absolute Gasteiger partial charge is 0.416 e. The highest BCUT2D eigenvalue weighted by Crippen LogP contribution is 2.31. The number of benzene rings is 1. The van der Waals surface area contributed by atoms with Crippen LogP contribution >= 0.6 is 0 Å². The van der Waals surface area contributed by atoms with Gasteiger partial charge < -0.3 is 15.4 Å². The predicted molar refractivity (Wildman–Crippen MR) is 67.3 cm³/mol. The van der Waals surface area contributed by atoms with Gasteiger partial charge in [0, 0.05) is 19.1 Å². The maximum Gasteiger partial charge on any atom is 0.416 e. The van der Waals surface area contributed by atoms with Crippen molar-refractivity contribution in [2.45, 2.75) is 12.2 Å². The Kier molecular flexibility index (Phi) is 4.47. The highest BCUT2D eigenvalue weighted by Gasteiger charge is 2.31. The second-order valence-electron chi connectivity index (χ2n) is 4.48. The third kappa shape index (κ3) is 3.62. The van der Waals surface area contributed by atoms with Crippen molar-refractivity contribution in [3.8, 4) is 6.07 Å². The van der Waals surface area contributed by atoms with Gasteiger partial charge in [0.25, 0.3) is 0 Å². The molecule has 108 valence electrons. The first-order valence-corrected chi connectivity index (χ1v) is 6.17. The molecule has 0 bridgehead atoms. The van der Waals surface area contributed by atoms with E-state index in [-0.39, 0.29) is 11.6 Å². The fourth-order valence-corrected chi connectivity index (χ4v) is 1.95. The number of hydrogen-bond acceptors (Lipinski definition) is 4. The number of halogens is 3. The van der Waals surface area contributed by atoms with Gasteiger partial charge in [0.2, 0.25) is 0 Å². The molecule has 1 unspecified atom stereocenters. The summed E-state index contributed by atoms with van der Waals surface area (Å²) in [7, 11) is 0. The summed E-state index contributed by atoms with van der Waals surface area (Å²) in [5.74, 6) is 0. The minimum Gasteiger partial charge on any atom is -0.382 e. The molecule has 1 aromatic rings. The molecular formula is C13H14F3N3O. The van der Waals surface area contributed by atoms with Crippen LogP contribution in [0.15, 0.2) is 18.2 Å². The van der Waals surface area contributed by atoms with Crippen LogP contribution in [0, 0.1) is 11.3 Å². The molecule has 2 N–H and O–H groups in total. The summed E-state index contributed by atoms with van der Waals surface area (Å²) in [5, 5.41) is 15.1. The fourth-order valence-electron chi connectivity index (χ4n) is 1.95. The second-order valence-corrected chi connectivity index (χ2v) is 4.48. The highest BCUT2D eigenvalue weighted by atomic mass is 19.4. The summed E-state index contributed by atoms with van der Waals surface area (Å²) < 4.78 is 42.9. The lowest BCUT2D eigenvalue weighted by atomic mass is 10.1. The zero-order valence-electron chi connectivity index (χ0n) is 10.6. The molecule has 0 aliphatic carbocycles. The summed E-state index contributed by atoms with van der Waals surface area (Å²) in [4.78, 5) is 0. The van der Waals surface area contributed by atoms with E-state index in [0.717, 1.165) is 18.7 Å². The van der Waals surface area contributed by atoms with Crippen LogP contribution in [0.1, 0.15) is 11.1 Å². The van der Waals surface area contributed by atoms with Crippen molar-refractivity contribution in [2.24, 2.45) is 0 Å². The van der Waals surface area contributed by atoms with Crippen LogP contribution in [0.5, 0.6) is 0 Å². The van der Waals surface area contributed by atoms with Gasteiger partial charge in [0.1, 0.15) is 6.07 Å². The quantitative estimate of drug-likeness (QED) is 0.891. The maximum absolute atomic E-state index is 12.6. The third-order valence-corrected chi connectivity index (χ3v) is 3.00. The Morgan fingerprint density at radius 1 is 1.45 bits per heavy atom. The number of alkyl halides is 3. The van der Waals surface area contributed by atoms with E-state index in [2.05, 4.69) is 10.6 Å². The van der Waals surface area contributed by atoms with Crippen LogP contribution in [0.2, 0.25) is 0 Å². The monoisotopic (exact) mass is 285 g/mol. The molecule has 0 radical (unpaired) electrons. The normalized spacial score (nSPS) is 19.4. The lowest BCUT2D eigenvalue weighted by Crippen LogP contribution is -2.45. The Labute approximate surface area is 114 Å². The fraction of sp³-hybridized carbons (Fsp3) is 0.462. The molecule has 1 atom stereocenters. The van der Waals surface area contributed by atoms with Crippen molar-refractivity contribution in [1.29, 1.82) is 5.26 Å². The van der Waals surface area contributed by atoms with Crippen molar-refractivity contribution in [2.75, 3.05) is 31.6 Å². The smallest absolute Gasteiger partial charge is 0.382 e. The summed E-state index contributed by atoms with van der Waals surface area (Å²) in [5.41, 5.74) is -0.442. The van der Waals surface area contributed by atoms with Gasteiger partial charge in [0.15, 0.2) is 0 Å². The first-order chi connectivity index (χ1) is 9.50. The Morgan fingerprint density at radius 3 is 2.85 bits per heavy atom. The molecule has 7 heteroatoms. The van der Waals surface area contributed by atoms with Gasteiger partial charge in [-0.25, -0.2) is 0 Å². The molecule has 0 spiro atoms. The molecule has 1 saturated heterocycles. The SMILES string of the molecule is N#Cc1cc(C(F)(F)F)ccc1NCC1COCCN1. The molecule has 1 aliphatic rings. The average Bonchev–Trinajstić information content (AvgIpc) is 2.45. The van der Waals surface area contributed by atoms with E-state index >= 15 is 0 Å². The third-order valence-electron chi connectivity index (χ3n) is 3.00. The number of nitrogens with zero attached hydrogens (tertiary/aromatic N) is 1. The Bertz CT molecular complexity index is 505. The Hall–Kier alpha value is -1.78. The Balaban J connectivity index is 2.06. The van der Waals surface area contributed by atoms with Gasteiger partial charge in [-0.05, 0) is 18.2 Å². The van der Waals surface area contributed by atoms with Crippen molar-refractivity contribution < 1.29 is 17.9 Å². The molecular weight excluding hydrogens is 271 g/mol. The lowest BCUT2D eigenvalue weighted by Gasteiger charge is -2.24. The molecule has 0 aromatic heterocycles. The molecule has 2 rings (SSSR count). The van der Waals surface area contributed by atoms with Crippen LogP contribution in [0.3, 0.4) is 0 Å². The summed E-state index contributed by atoms with van der Waals surface area (Å²) in [6.45, 7) is 2.42. The van der Waals surface area contributed by atoms with Crippen LogP contribution in [-0.4, -0.2) is 32.3 Å². The zero-order chi connectivity index (χ0) is 14.6. The van der Waals surface area contributed by atoms with Gasteiger partial charge in [-0.2, -0.15) is 18.4 Å². The van der Waals surface area contributed by atoms with Crippen LogP contribution in [0.4, 0.5) is 18.9 Å². The number of ether oxygens (including phenoxy) is 1. The minimum absolute atomic E-state index is 0.0171. The first kappa shape index (κ1) is 14.6. The van der Waals surface area contributed by atoms with E-state index in [1.54, 1.807) is 6.07 Å². The Morgan fingerprint density at radius 2 is 2.25 bits per heavy atom. The van der Waals surface area contributed by atoms with Gasteiger partial charge in [-0.1, -0.05) is 0 Å². The van der Waals surface area contributed by atoms with E-state index in [0.29, 0.717) is 25.4 Å². The van der Waals surface area contributed by atoms with Gasteiger partial charge in [0.05, 0.1) is 30.0 Å². The van der Waals surface area contributed by atoms with Crippen LogP contribution < -0.4 is 10.6 Å². The summed E-state index contributed by atoms with van der Waals surface area (Å²) >= 11 is 0. The number of nitriles is 1. The van der Waals surface area contributed by atoms with E-state index in [9.17, 15) is 13.2 Å². The molecule has 0 amide bonds. The first-order valence-electron chi connectivity index (χ1n) is 6.17.